The molecule has 0 fully saturated rings. The van der Waals surface area contributed by atoms with E-state index in [0.29, 0.717) is 19.5 Å². The van der Waals surface area contributed by atoms with Crippen molar-refractivity contribution >= 4 is 51.6 Å². The minimum Gasteiger partial charge on any atom is -0.353 e. The average Bonchev–Trinajstić information content (AvgIpc) is 2.97. The Bertz CT molecular complexity index is 1040. The number of carbonyl (C=O) groups is 1. The lowest BCUT2D eigenvalue weighted by atomic mass is 10.3. The third-order valence-corrected chi connectivity index (χ3v) is 6.03. The molecule has 0 aliphatic carbocycles. The molecule has 1 aromatic carbocycles. The molecule has 0 unspecified atom stereocenters. The number of nitrogens with zero attached hydrogens (tertiary/aromatic N) is 2. The molecule has 1 amide bonds. The van der Waals surface area contributed by atoms with Gasteiger partial charge in [-0.25, -0.2) is 4.98 Å². The van der Waals surface area contributed by atoms with E-state index in [0.717, 1.165) is 12.1 Å². The first kappa shape index (κ1) is 18.8. The number of aromatic nitrogens is 3. The fourth-order valence-corrected chi connectivity index (χ4v) is 4.26. The number of para-hydroxylation sites is 1. The molecule has 3 rings (SSSR count). The Kier molecular flexibility index (Phi) is 5.90. The number of carbonyl (C=O) groups excluding carboxylic acids is 1. The second-order valence-electron chi connectivity index (χ2n) is 5.73. The van der Waals surface area contributed by atoms with Gasteiger partial charge in [0.2, 0.25) is 5.91 Å². The largest absolute Gasteiger partial charge is 0.353 e. The number of fused-ring (bicyclic) bond motifs is 1. The Labute approximate surface area is 163 Å². The van der Waals surface area contributed by atoms with Gasteiger partial charge in [-0.1, -0.05) is 48.2 Å². The molecule has 0 radical (unpaired) electrons. The summed E-state index contributed by atoms with van der Waals surface area (Å²) in [5, 5.41) is 3.30. The first-order valence-corrected chi connectivity index (χ1v) is 10.3. The zero-order valence-corrected chi connectivity index (χ0v) is 16.8. The van der Waals surface area contributed by atoms with Gasteiger partial charge in [0.15, 0.2) is 14.8 Å². The van der Waals surface area contributed by atoms with Gasteiger partial charge in [-0.15, -0.1) is 0 Å². The van der Waals surface area contributed by atoms with Gasteiger partial charge >= 0.3 is 0 Å². The Morgan fingerprint density at radius 2 is 2.15 bits per heavy atom. The number of hydrogen-bond donors (Lipinski definition) is 2. The SMILES string of the molecule is CC[C@H](C)NC(=O)CSc1nc2c(sc(=S)n2-c2ccccc2)c(=O)[nH]1. The highest BCUT2D eigenvalue weighted by molar-refractivity contribution is 7.99. The number of aromatic amines is 1. The summed E-state index contributed by atoms with van der Waals surface area (Å²) in [4.78, 5) is 31.6. The number of nitrogens with one attached hydrogen (secondary N) is 2. The molecular weight excluding hydrogens is 388 g/mol. The zero-order valence-electron chi connectivity index (χ0n) is 14.3. The van der Waals surface area contributed by atoms with Crippen LogP contribution in [0.1, 0.15) is 20.3 Å². The van der Waals surface area contributed by atoms with Crippen LogP contribution in [0.4, 0.5) is 0 Å². The highest BCUT2D eigenvalue weighted by atomic mass is 32.2. The van der Waals surface area contributed by atoms with Crippen LogP contribution in [-0.2, 0) is 4.79 Å². The Hall–Kier alpha value is -1.97. The van der Waals surface area contributed by atoms with Crippen molar-refractivity contribution in [3.8, 4) is 5.69 Å². The van der Waals surface area contributed by atoms with Crippen LogP contribution in [0.15, 0.2) is 40.3 Å². The molecule has 0 aliphatic heterocycles. The Balaban J connectivity index is 1.93. The summed E-state index contributed by atoms with van der Waals surface area (Å²) in [6.45, 7) is 3.96. The van der Waals surface area contributed by atoms with Gasteiger partial charge in [0, 0.05) is 11.7 Å². The van der Waals surface area contributed by atoms with Gasteiger partial charge in [-0.05, 0) is 37.7 Å². The summed E-state index contributed by atoms with van der Waals surface area (Å²) < 4.78 is 2.82. The number of amides is 1. The number of benzene rings is 1. The van der Waals surface area contributed by atoms with Crippen molar-refractivity contribution < 1.29 is 4.79 Å². The number of hydrogen-bond acceptors (Lipinski definition) is 6. The summed E-state index contributed by atoms with van der Waals surface area (Å²) in [6.07, 6.45) is 0.866. The van der Waals surface area contributed by atoms with Crippen molar-refractivity contribution in [1.82, 2.24) is 19.9 Å². The maximum absolute atomic E-state index is 12.4. The topological polar surface area (TPSA) is 79.8 Å². The maximum Gasteiger partial charge on any atom is 0.271 e. The van der Waals surface area contributed by atoms with Gasteiger partial charge in [-0.3, -0.25) is 14.2 Å². The molecule has 6 nitrogen and oxygen atoms in total. The van der Waals surface area contributed by atoms with E-state index in [-0.39, 0.29) is 23.3 Å². The summed E-state index contributed by atoms with van der Waals surface area (Å²) in [5.41, 5.74) is 1.12. The molecule has 2 aromatic heterocycles. The second-order valence-corrected chi connectivity index (χ2v) is 8.34. The Morgan fingerprint density at radius 3 is 2.85 bits per heavy atom. The standard InChI is InChI=1S/C17H18N4O2S3/c1-3-10(2)18-12(22)9-25-16-19-14-13(15(23)20-16)26-17(24)21(14)11-7-5-4-6-8-11/h4-8,10H,3,9H2,1-2H3,(H,18,22)(H,19,20,23)/t10-/m0/s1. The molecular formula is C17H18N4O2S3. The lowest BCUT2D eigenvalue weighted by Gasteiger charge is -2.10. The van der Waals surface area contributed by atoms with Crippen molar-refractivity contribution in [2.24, 2.45) is 0 Å². The zero-order chi connectivity index (χ0) is 18.7. The summed E-state index contributed by atoms with van der Waals surface area (Å²) in [5.74, 6) is 0.104. The van der Waals surface area contributed by atoms with Gasteiger partial charge in [0.1, 0.15) is 4.70 Å². The van der Waals surface area contributed by atoms with Crippen LogP contribution in [0.5, 0.6) is 0 Å². The highest BCUT2D eigenvalue weighted by Gasteiger charge is 2.14. The molecule has 3 aromatic rings. The number of thiazole rings is 1. The third-order valence-electron chi connectivity index (χ3n) is 3.80. The normalized spacial score (nSPS) is 12.2. The highest BCUT2D eigenvalue weighted by Crippen LogP contribution is 2.24. The molecule has 0 aliphatic rings. The molecule has 136 valence electrons. The third kappa shape index (κ3) is 4.05. The average molecular weight is 407 g/mol. The first-order valence-electron chi connectivity index (χ1n) is 8.13. The van der Waals surface area contributed by atoms with Crippen LogP contribution in [0.25, 0.3) is 16.0 Å². The summed E-state index contributed by atoms with van der Waals surface area (Å²) in [6, 6.07) is 9.68. The second kappa shape index (κ2) is 8.15. The predicted octanol–water partition coefficient (Wildman–Crippen LogP) is 3.51. The van der Waals surface area contributed by atoms with Crippen molar-refractivity contribution in [3.63, 3.8) is 0 Å². The Morgan fingerprint density at radius 1 is 1.42 bits per heavy atom. The van der Waals surface area contributed by atoms with Crippen LogP contribution in [0, 0.1) is 3.95 Å². The molecule has 2 N–H and O–H groups in total. The van der Waals surface area contributed by atoms with Gasteiger partial charge in [0.05, 0.1) is 5.75 Å². The van der Waals surface area contributed by atoms with E-state index in [9.17, 15) is 9.59 Å². The first-order chi connectivity index (χ1) is 12.5. The number of thioether (sulfide) groups is 1. The van der Waals surface area contributed by atoms with Gasteiger partial charge in [-0.2, -0.15) is 0 Å². The van der Waals surface area contributed by atoms with E-state index in [4.69, 9.17) is 12.2 Å². The lowest BCUT2D eigenvalue weighted by Crippen LogP contribution is -2.33. The van der Waals surface area contributed by atoms with Crippen molar-refractivity contribution in [2.75, 3.05) is 5.75 Å². The van der Waals surface area contributed by atoms with Crippen molar-refractivity contribution in [2.45, 2.75) is 31.5 Å². The van der Waals surface area contributed by atoms with E-state index < -0.39 is 0 Å². The minimum absolute atomic E-state index is 0.0858. The summed E-state index contributed by atoms with van der Waals surface area (Å²) in [7, 11) is 0. The fraction of sp³-hybridized carbons (Fsp3) is 0.294. The van der Waals surface area contributed by atoms with Crippen LogP contribution in [0.3, 0.4) is 0 Å². The van der Waals surface area contributed by atoms with E-state index in [2.05, 4.69) is 15.3 Å². The van der Waals surface area contributed by atoms with Gasteiger partial charge < -0.3 is 10.3 Å². The molecule has 1 atom stereocenters. The number of rotatable bonds is 6. The van der Waals surface area contributed by atoms with Gasteiger partial charge in [0.25, 0.3) is 5.56 Å². The molecule has 26 heavy (non-hydrogen) atoms. The maximum atomic E-state index is 12.4. The molecule has 0 saturated carbocycles. The van der Waals surface area contributed by atoms with Crippen LogP contribution in [-0.4, -0.2) is 32.2 Å². The van der Waals surface area contributed by atoms with Crippen LogP contribution < -0.4 is 10.9 Å². The summed E-state index contributed by atoms with van der Waals surface area (Å²) >= 11 is 7.85. The van der Waals surface area contributed by atoms with Crippen molar-refractivity contribution in [3.05, 3.63) is 44.6 Å². The van der Waals surface area contributed by atoms with Crippen LogP contribution in [0.2, 0.25) is 0 Å². The quantitative estimate of drug-likeness (QED) is 0.372. The molecule has 9 heteroatoms. The lowest BCUT2D eigenvalue weighted by molar-refractivity contribution is -0.119. The minimum atomic E-state index is -0.245. The van der Waals surface area contributed by atoms with Crippen LogP contribution >= 0.6 is 35.3 Å². The molecule has 0 spiro atoms. The van der Waals surface area contributed by atoms with E-state index in [1.807, 2.05) is 44.2 Å². The molecule has 0 saturated heterocycles. The van der Waals surface area contributed by atoms with E-state index in [1.165, 1.54) is 23.1 Å². The van der Waals surface area contributed by atoms with E-state index >= 15 is 0 Å². The molecule has 2 heterocycles. The van der Waals surface area contributed by atoms with E-state index in [1.54, 1.807) is 4.57 Å². The van der Waals surface area contributed by atoms with Crippen molar-refractivity contribution in [1.29, 1.82) is 0 Å². The smallest absolute Gasteiger partial charge is 0.271 e. The fourth-order valence-electron chi connectivity index (χ4n) is 2.32. The number of H-pyrrole nitrogens is 1. The predicted molar refractivity (Wildman–Crippen MR) is 109 cm³/mol. The monoisotopic (exact) mass is 406 g/mol. The molecule has 0 bridgehead atoms.